The van der Waals surface area contributed by atoms with Gasteiger partial charge in [-0.1, -0.05) is 0 Å². The lowest BCUT2D eigenvalue weighted by molar-refractivity contribution is 0.0791. The monoisotopic (exact) mass is 313 g/mol. The molecule has 0 aromatic heterocycles. The molecular formula is C13H16BrNO3. The highest BCUT2D eigenvalue weighted by Gasteiger charge is 2.23. The number of nitrogens with zero attached hydrogens (tertiary/aromatic N) is 1. The number of amides is 1. The Morgan fingerprint density at radius 3 is 2.28 bits per heavy atom. The Bertz CT molecular complexity index is 456. The van der Waals surface area contributed by atoms with Gasteiger partial charge >= 0.3 is 0 Å². The second-order valence-electron chi connectivity index (χ2n) is 4.19. The highest BCUT2D eigenvalue weighted by Crippen LogP contribution is 2.34. The van der Waals surface area contributed by atoms with Crippen molar-refractivity contribution in [1.82, 2.24) is 4.90 Å². The van der Waals surface area contributed by atoms with Gasteiger partial charge in [-0.15, -0.1) is 0 Å². The zero-order valence-electron chi connectivity index (χ0n) is 10.5. The second-order valence-corrected chi connectivity index (χ2v) is 5.04. The lowest BCUT2D eigenvalue weighted by atomic mass is 10.1. The molecule has 0 N–H and O–H groups in total. The number of benzene rings is 1. The highest BCUT2D eigenvalue weighted by atomic mass is 79.9. The molecule has 18 heavy (non-hydrogen) atoms. The van der Waals surface area contributed by atoms with Gasteiger partial charge in [-0.3, -0.25) is 4.79 Å². The average molecular weight is 314 g/mol. The van der Waals surface area contributed by atoms with Crippen LogP contribution < -0.4 is 9.47 Å². The van der Waals surface area contributed by atoms with Crippen LogP contribution in [0.3, 0.4) is 0 Å². The van der Waals surface area contributed by atoms with Gasteiger partial charge in [0, 0.05) is 17.6 Å². The normalized spacial score (nSPS) is 14.7. The summed E-state index contributed by atoms with van der Waals surface area (Å²) in [5, 5.41) is 0. The molecule has 0 aliphatic carbocycles. The van der Waals surface area contributed by atoms with Gasteiger partial charge in [0.2, 0.25) is 0 Å². The molecule has 98 valence electrons. The van der Waals surface area contributed by atoms with Crippen molar-refractivity contribution in [2.75, 3.05) is 27.3 Å². The van der Waals surface area contributed by atoms with E-state index < -0.39 is 0 Å². The second kappa shape index (κ2) is 5.61. The van der Waals surface area contributed by atoms with Crippen molar-refractivity contribution in [2.24, 2.45) is 0 Å². The van der Waals surface area contributed by atoms with Crippen LogP contribution in [0.25, 0.3) is 0 Å². The van der Waals surface area contributed by atoms with Crippen LogP contribution >= 0.6 is 15.9 Å². The van der Waals surface area contributed by atoms with E-state index in [-0.39, 0.29) is 5.91 Å². The van der Waals surface area contributed by atoms with Crippen LogP contribution in [0.5, 0.6) is 11.5 Å². The number of hydrogen-bond acceptors (Lipinski definition) is 3. The quantitative estimate of drug-likeness (QED) is 0.861. The van der Waals surface area contributed by atoms with Crippen molar-refractivity contribution in [2.45, 2.75) is 12.8 Å². The van der Waals surface area contributed by atoms with E-state index in [1.54, 1.807) is 26.4 Å². The topological polar surface area (TPSA) is 38.8 Å². The number of methoxy groups -OCH3 is 2. The van der Waals surface area contributed by atoms with Gasteiger partial charge in [0.15, 0.2) is 11.5 Å². The third-order valence-corrected chi connectivity index (χ3v) is 3.75. The lowest BCUT2D eigenvalue weighted by Gasteiger charge is -2.17. The maximum atomic E-state index is 12.3. The summed E-state index contributed by atoms with van der Waals surface area (Å²) in [6.07, 6.45) is 2.16. The molecule has 1 aliphatic rings. The summed E-state index contributed by atoms with van der Waals surface area (Å²) >= 11 is 3.42. The summed E-state index contributed by atoms with van der Waals surface area (Å²) in [6, 6.07) is 3.49. The van der Waals surface area contributed by atoms with Crippen molar-refractivity contribution in [1.29, 1.82) is 0 Å². The predicted molar refractivity (Wildman–Crippen MR) is 72.4 cm³/mol. The number of carbonyl (C=O) groups excluding carboxylic acids is 1. The van der Waals surface area contributed by atoms with Gasteiger partial charge in [-0.05, 0) is 40.9 Å². The summed E-state index contributed by atoms with van der Waals surface area (Å²) < 4.78 is 11.2. The number of rotatable bonds is 3. The fourth-order valence-corrected chi connectivity index (χ4v) is 2.60. The Labute approximate surface area is 115 Å². The molecule has 1 aromatic carbocycles. The first-order chi connectivity index (χ1) is 8.67. The first kappa shape index (κ1) is 13.2. The first-order valence-corrected chi connectivity index (χ1v) is 6.67. The molecular weight excluding hydrogens is 298 g/mol. The van der Waals surface area contributed by atoms with Gasteiger partial charge < -0.3 is 14.4 Å². The Hall–Kier alpha value is -1.23. The molecule has 1 fully saturated rings. The summed E-state index contributed by atoms with van der Waals surface area (Å²) in [6.45, 7) is 1.67. The zero-order valence-corrected chi connectivity index (χ0v) is 12.1. The fraction of sp³-hybridized carbons (Fsp3) is 0.462. The Morgan fingerprint density at radius 1 is 1.17 bits per heavy atom. The molecule has 1 amide bonds. The number of hydrogen-bond donors (Lipinski definition) is 0. The maximum absolute atomic E-state index is 12.3. The van der Waals surface area contributed by atoms with Crippen LogP contribution in [0, 0.1) is 0 Å². The van der Waals surface area contributed by atoms with Crippen molar-refractivity contribution in [3.63, 3.8) is 0 Å². The number of ether oxygens (including phenoxy) is 2. The van der Waals surface area contributed by atoms with E-state index >= 15 is 0 Å². The molecule has 4 nitrogen and oxygen atoms in total. The zero-order chi connectivity index (χ0) is 13.1. The van der Waals surface area contributed by atoms with Crippen LogP contribution in [-0.4, -0.2) is 38.1 Å². The SMILES string of the molecule is COc1cc(Br)c(C(=O)N2CCCC2)cc1OC. The predicted octanol–water partition coefficient (Wildman–Crippen LogP) is 2.70. The van der Waals surface area contributed by atoms with E-state index in [4.69, 9.17) is 9.47 Å². The summed E-state index contributed by atoms with van der Waals surface area (Å²) in [5.74, 6) is 1.23. The van der Waals surface area contributed by atoms with Gasteiger partial charge in [0.25, 0.3) is 5.91 Å². The molecule has 0 bridgehead atoms. The van der Waals surface area contributed by atoms with Crippen LogP contribution in [0.1, 0.15) is 23.2 Å². The van der Waals surface area contributed by atoms with Crippen LogP contribution in [0.15, 0.2) is 16.6 Å². The third-order valence-electron chi connectivity index (χ3n) is 3.10. The largest absolute Gasteiger partial charge is 0.493 e. The third kappa shape index (κ3) is 2.46. The molecule has 1 aliphatic heterocycles. The molecule has 0 radical (unpaired) electrons. The van der Waals surface area contributed by atoms with E-state index in [1.165, 1.54) is 0 Å². The smallest absolute Gasteiger partial charge is 0.255 e. The molecule has 1 aromatic rings. The number of carbonyl (C=O) groups is 1. The standard InChI is InChI=1S/C13H16BrNO3/c1-17-11-7-9(10(14)8-12(11)18-2)13(16)15-5-3-4-6-15/h7-8H,3-6H2,1-2H3. The van der Waals surface area contributed by atoms with Gasteiger partial charge in [0.1, 0.15) is 0 Å². The van der Waals surface area contributed by atoms with Crippen molar-refractivity contribution < 1.29 is 14.3 Å². The molecule has 0 spiro atoms. The van der Waals surface area contributed by atoms with Crippen LogP contribution in [-0.2, 0) is 0 Å². The summed E-state index contributed by atoms with van der Waals surface area (Å²) in [5.41, 5.74) is 0.620. The van der Waals surface area contributed by atoms with E-state index in [0.29, 0.717) is 17.1 Å². The molecule has 2 rings (SSSR count). The van der Waals surface area contributed by atoms with Crippen molar-refractivity contribution in [3.8, 4) is 11.5 Å². The first-order valence-electron chi connectivity index (χ1n) is 5.88. The summed E-state index contributed by atoms with van der Waals surface area (Å²) in [4.78, 5) is 14.2. The number of halogens is 1. The van der Waals surface area contributed by atoms with Gasteiger partial charge in [-0.2, -0.15) is 0 Å². The van der Waals surface area contributed by atoms with Gasteiger partial charge in [-0.25, -0.2) is 0 Å². The molecule has 0 atom stereocenters. The van der Waals surface area contributed by atoms with E-state index in [2.05, 4.69) is 15.9 Å². The van der Waals surface area contributed by atoms with Crippen molar-refractivity contribution >= 4 is 21.8 Å². The number of likely N-dealkylation sites (tertiary alicyclic amines) is 1. The van der Waals surface area contributed by atoms with Crippen LogP contribution in [0.4, 0.5) is 0 Å². The van der Waals surface area contributed by atoms with E-state index in [0.717, 1.165) is 30.4 Å². The minimum absolute atomic E-state index is 0.0420. The lowest BCUT2D eigenvalue weighted by Crippen LogP contribution is -2.27. The van der Waals surface area contributed by atoms with Gasteiger partial charge in [0.05, 0.1) is 19.8 Å². The Balaban J connectivity index is 2.34. The molecule has 0 unspecified atom stereocenters. The minimum Gasteiger partial charge on any atom is -0.493 e. The van der Waals surface area contributed by atoms with E-state index in [1.807, 2.05) is 4.90 Å². The average Bonchev–Trinajstić information content (AvgIpc) is 2.91. The fourth-order valence-electron chi connectivity index (χ4n) is 2.11. The molecule has 1 saturated heterocycles. The Kier molecular flexibility index (Phi) is 4.11. The molecule has 0 saturated carbocycles. The minimum atomic E-state index is 0.0420. The highest BCUT2D eigenvalue weighted by molar-refractivity contribution is 9.10. The van der Waals surface area contributed by atoms with Crippen molar-refractivity contribution in [3.05, 3.63) is 22.2 Å². The van der Waals surface area contributed by atoms with Crippen LogP contribution in [0.2, 0.25) is 0 Å². The van der Waals surface area contributed by atoms with E-state index in [9.17, 15) is 4.79 Å². The maximum Gasteiger partial charge on any atom is 0.255 e. The molecule has 1 heterocycles. The summed E-state index contributed by atoms with van der Waals surface area (Å²) in [7, 11) is 3.14. The molecule has 5 heteroatoms. The Morgan fingerprint density at radius 2 is 1.72 bits per heavy atom.